The highest BCUT2D eigenvalue weighted by molar-refractivity contribution is 5.92. The van der Waals surface area contributed by atoms with Crippen LogP contribution in [0.3, 0.4) is 0 Å². The van der Waals surface area contributed by atoms with Gasteiger partial charge in [0.25, 0.3) is 5.91 Å². The van der Waals surface area contributed by atoms with Crippen molar-refractivity contribution in [2.75, 3.05) is 11.9 Å². The number of benzene rings is 3. The number of hydrogen-bond donors (Lipinski definition) is 6. The zero-order chi connectivity index (χ0) is 27.5. The maximum atomic E-state index is 12.9. The lowest BCUT2D eigenvalue weighted by Gasteiger charge is -2.21. The zero-order valence-electron chi connectivity index (χ0n) is 20.8. The number of carbonyl (C=O) groups excluding carboxylic acids is 2. The summed E-state index contributed by atoms with van der Waals surface area (Å²) in [5.41, 5.74) is 5.67. The second-order valence-corrected chi connectivity index (χ2v) is 8.50. The smallest absolute Gasteiger partial charge is 0.268 e. The normalized spacial score (nSPS) is 11.9. The van der Waals surface area contributed by atoms with Crippen molar-refractivity contribution in [1.29, 1.82) is 0 Å². The second kappa shape index (κ2) is 13.7. The molecule has 0 aliphatic carbocycles. The van der Waals surface area contributed by atoms with Crippen LogP contribution < -0.4 is 21.4 Å². The Kier molecular flexibility index (Phi) is 10.1. The predicted octanol–water partition coefficient (Wildman–Crippen LogP) is 2.77. The molecule has 0 bridgehead atoms. The molecule has 0 aromatic heterocycles. The molecule has 196 valence electrons. The summed E-state index contributed by atoms with van der Waals surface area (Å²) in [6, 6.07) is 19.3. The molecule has 0 heterocycles. The third-order valence-electron chi connectivity index (χ3n) is 5.49. The van der Waals surface area contributed by atoms with Gasteiger partial charge in [0.15, 0.2) is 0 Å². The minimum Gasteiger partial charge on any atom is -0.391 e. The molecule has 0 aliphatic heterocycles. The number of aliphatic hydroxyl groups is 1. The van der Waals surface area contributed by atoms with E-state index in [-0.39, 0.29) is 18.3 Å². The molecule has 0 aliphatic rings. The van der Waals surface area contributed by atoms with Gasteiger partial charge >= 0.3 is 0 Å². The minimum atomic E-state index is -1.06. The highest BCUT2D eigenvalue weighted by Gasteiger charge is 2.23. The standard InChI is InChI=1S/C29H29FN4O4/c1-19(32-28(20(2)35)29(37)34-38)24-11-5-21(6-12-24)3-4-22-9-15-26(16-10-22)33-27(36)18-31-17-23-7-13-25(30)14-8-23/h5-16,20,28,31-32,35,38H,1,17-18H2,2H3,(H,33,36)(H,34,37)/t20-,28+/m1/s1. The van der Waals surface area contributed by atoms with Crippen molar-refractivity contribution in [3.05, 3.63) is 107 Å². The van der Waals surface area contributed by atoms with Gasteiger partial charge in [-0.05, 0) is 66.6 Å². The van der Waals surface area contributed by atoms with Crippen LogP contribution >= 0.6 is 0 Å². The maximum Gasteiger partial charge on any atom is 0.268 e. The van der Waals surface area contributed by atoms with Gasteiger partial charge in [-0.1, -0.05) is 42.7 Å². The molecule has 2 amide bonds. The molecule has 3 rings (SSSR count). The number of anilines is 1. The van der Waals surface area contributed by atoms with Crippen LogP contribution in [0.2, 0.25) is 0 Å². The maximum absolute atomic E-state index is 12.9. The molecule has 3 aromatic carbocycles. The third kappa shape index (κ3) is 8.57. The molecule has 9 heteroatoms. The Morgan fingerprint density at radius 2 is 1.53 bits per heavy atom. The average molecular weight is 517 g/mol. The number of nitrogens with one attached hydrogen (secondary N) is 4. The first-order valence-electron chi connectivity index (χ1n) is 11.8. The lowest BCUT2D eigenvalue weighted by Crippen LogP contribution is -2.48. The minimum absolute atomic E-state index is 0.116. The molecule has 8 nitrogen and oxygen atoms in total. The number of amides is 2. The monoisotopic (exact) mass is 516 g/mol. The molecule has 0 saturated carbocycles. The van der Waals surface area contributed by atoms with Crippen LogP contribution in [0.1, 0.15) is 29.2 Å². The first-order chi connectivity index (χ1) is 18.2. The van der Waals surface area contributed by atoms with Crippen molar-refractivity contribution in [3.8, 4) is 11.8 Å². The number of hydroxylamine groups is 1. The molecular weight excluding hydrogens is 487 g/mol. The Morgan fingerprint density at radius 3 is 2.08 bits per heavy atom. The summed E-state index contributed by atoms with van der Waals surface area (Å²) >= 11 is 0. The molecule has 0 saturated heterocycles. The first-order valence-corrected chi connectivity index (χ1v) is 11.8. The lowest BCUT2D eigenvalue weighted by molar-refractivity contribution is -0.133. The summed E-state index contributed by atoms with van der Waals surface area (Å²) in [6.45, 7) is 5.88. The van der Waals surface area contributed by atoms with Crippen molar-refractivity contribution in [1.82, 2.24) is 16.1 Å². The number of hydrogen-bond acceptors (Lipinski definition) is 6. The van der Waals surface area contributed by atoms with Crippen molar-refractivity contribution in [2.24, 2.45) is 0 Å². The summed E-state index contributed by atoms with van der Waals surface area (Å²) in [5.74, 6) is 4.86. The molecule has 38 heavy (non-hydrogen) atoms. The van der Waals surface area contributed by atoms with E-state index in [4.69, 9.17) is 5.21 Å². The van der Waals surface area contributed by atoms with E-state index in [0.29, 0.717) is 23.5 Å². The van der Waals surface area contributed by atoms with Gasteiger partial charge in [0, 0.05) is 29.1 Å². The molecule has 6 N–H and O–H groups in total. The molecular formula is C29H29FN4O4. The molecule has 0 unspecified atom stereocenters. The summed E-state index contributed by atoms with van der Waals surface area (Å²) in [5, 5.41) is 27.2. The molecule has 3 aromatic rings. The lowest BCUT2D eigenvalue weighted by atomic mass is 10.1. The van der Waals surface area contributed by atoms with Crippen LogP contribution in [-0.4, -0.2) is 40.8 Å². The van der Waals surface area contributed by atoms with Crippen LogP contribution in [-0.2, 0) is 16.1 Å². The van der Waals surface area contributed by atoms with Crippen molar-refractivity contribution in [3.63, 3.8) is 0 Å². The van der Waals surface area contributed by atoms with Gasteiger partial charge in [0.2, 0.25) is 5.91 Å². The van der Waals surface area contributed by atoms with Gasteiger partial charge < -0.3 is 21.1 Å². The Labute approximate surface area is 220 Å². The molecule has 2 atom stereocenters. The Morgan fingerprint density at radius 1 is 0.947 bits per heavy atom. The fourth-order valence-corrected chi connectivity index (χ4v) is 3.41. The van der Waals surface area contributed by atoms with E-state index < -0.39 is 18.1 Å². The van der Waals surface area contributed by atoms with Crippen molar-refractivity contribution >= 4 is 23.2 Å². The summed E-state index contributed by atoms with van der Waals surface area (Å²) in [7, 11) is 0. The van der Waals surface area contributed by atoms with Gasteiger partial charge in [0.05, 0.1) is 12.6 Å². The van der Waals surface area contributed by atoms with E-state index in [1.165, 1.54) is 24.5 Å². The van der Waals surface area contributed by atoms with E-state index >= 15 is 0 Å². The topological polar surface area (TPSA) is 123 Å². The largest absolute Gasteiger partial charge is 0.391 e. The number of carbonyl (C=O) groups is 2. The van der Waals surface area contributed by atoms with Gasteiger partial charge in [0.1, 0.15) is 11.9 Å². The van der Waals surface area contributed by atoms with E-state index in [1.54, 1.807) is 60.7 Å². The molecule has 0 spiro atoms. The van der Waals surface area contributed by atoms with Gasteiger partial charge in [-0.3, -0.25) is 14.8 Å². The van der Waals surface area contributed by atoms with Crippen molar-refractivity contribution in [2.45, 2.75) is 25.6 Å². The fourth-order valence-electron chi connectivity index (χ4n) is 3.41. The number of halogens is 1. The Bertz CT molecular complexity index is 1310. The average Bonchev–Trinajstić information content (AvgIpc) is 2.92. The third-order valence-corrected chi connectivity index (χ3v) is 5.49. The molecule has 0 fully saturated rings. The highest BCUT2D eigenvalue weighted by atomic mass is 19.1. The Hall–Kier alpha value is -4.49. The van der Waals surface area contributed by atoms with Crippen LogP contribution in [0.25, 0.3) is 5.70 Å². The quantitative estimate of drug-likeness (QED) is 0.140. The van der Waals surface area contributed by atoms with Crippen LogP contribution in [0.4, 0.5) is 10.1 Å². The van der Waals surface area contributed by atoms with E-state index in [1.807, 2.05) is 0 Å². The van der Waals surface area contributed by atoms with E-state index in [9.17, 15) is 19.1 Å². The van der Waals surface area contributed by atoms with Crippen LogP contribution in [0.15, 0.2) is 79.4 Å². The summed E-state index contributed by atoms with van der Waals surface area (Å²) in [6.07, 6.45) is -1.05. The summed E-state index contributed by atoms with van der Waals surface area (Å²) in [4.78, 5) is 23.8. The molecule has 0 radical (unpaired) electrons. The van der Waals surface area contributed by atoms with E-state index in [0.717, 1.165) is 16.7 Å². The van der Waals surface area contributed by atoms with Crippen molar-refractivity contribution < 1.29 is 24.3 Å². The van der Waals surface area contributed by atoms with Gasteiger partial charge in [-0.25, -0.2) is 9.87 Å². The number of aliphatic hydroxyl groups excluding tert-OH is 1. The zero-order valence-corrected chi connectivity index (χ0v) is 20.8. The second-order valence-electron chi connectivity index (χ2n) is 8.50. The SMILES string of the molecule is C=C(N[C@H](C(=O)NO)[C@@H](C)O)c1ccc(C#Cc2ccc(NC(=O)CNCc3ccc(F)cc3)cc2)cc1. The Balaban J connectivity index is 1.50. The van der Waals surface area contributed by atoms with E-state index in [2.05, 4.69) is 34.4 Å². The number of rotatable bonds is 10. The highest BCUT2D eigenvalue weighted by Crippen LogP contribution is 2.13. The summed E-state index contributed by atoms with van der Waals surface area (Å²) < 4.78 is 12.9. The van der Waals surface area contributed by atoms with Crippen LogP contribution in [0, 0.1) is 17.7 Å². The fraction of sp³-hybridized carbons (Fsp3) is 0.172. The van der Waals surface area contributed by atoms with Gasteiger partial charge in [-0.15, -0.1) is 0 Å². The van der Waals surface area contributed by atoms with Gasteiger partial charge in [-0.2, -0.15) is 0 Å². The van der Waals surface area contributed by atoms with Crippen LogP contribution in [0.5, 0.6) is 0 Å². The first kappa shape index (κ1) is 28.1. The predicted molar refractivity (Wildman–Crippen MR) is 143 cm³/mol.